The number of nitrogens with zero attached hydrogens (tertiary/aromatic N) is 1. The predicted octanol–water partition coefficient (Wildman–Crippen LogP) is 1.54. The Morgan fingerprint density at radius 1 is 1.53 bits per heavy atom. The van der Waals surface area contributed by atoms with Gasteiger partial charge >= 0.3 is 0 Å². The van der Waals surface area contributed by atoms with Crippen LogP contribution in [0.5, 0.6) is 0 Å². The average molecular weight is 301 g/mol. The molecular weight excluding hydrogens is 278 g/mol. The summed E-state index contributed by atoms with van der Waals surface area (Å²) in [5.74, 6) is -0.308. The van der Waals surface area contributed by atoms with Crippen LogP contribution in [0.2, 0.25) is 0 Å². The lowest BCUT2D eigenvalue weighted by Crippen LogP contribution is -2.46. The van der Waals surface area contributed by atoms with Crippen LogP contribution in [0.25, 0.3) is 0 Å². The molecule has 7 heteroatoms. The van der Waals surface area contributed by atoms with E-state index in [1.165, 1.54) is 12.0 Å². The summed E-state index contributed by atoms with van der Waals surface area (Å²) in [5.41, 5.74) is 0. The monoisotopic (exact) mass is 300 g/mol. The molecule has 1 N–H and O–H groups in total. The fraction of sp³-hybridized carbons (Fsp3) is 0.917. The highest BCUT2D eigenvalue weighted by atomic mass is 35.5. The zero-order valence-electron chi connectivity index (χ0n) is 11.4. The molecule has 19 heavy (non-hydrogen) atoms. The quantitative estimate of drug-likeness (QED) is 0.809. The fourth-order valence-electron chi connectivity index (χ4n) is 2.27. The molecule has 0 unspecified atom stereocenters. The molecule has 1 heterocycles. The van der Waals surface area contributed by atoms with Gasteiger partial charge in [-0.3, -0.25) is 4.79 Å². The van der Waals surface area contributed by atoms with E-state index in [-0.39, 0.29) is 36.8 Å². The van der Waals surface area contributed by atoms with E-state index in [9.17, 15) is 13.6 Å². The molecule has 2 atom stereocenters. The van der Waals surface area contributed by atoms with Gasteiger partial charge < -0.3 is 15.0 Å². The first-order chi connectivity index (χ1) is 8.54. The molecule has 1 rings (SSSR count). The minimum Gasteiger partial charge on any atom is -0.383 e. The van der Waals surface area contributed by atoms with Crippen molar-refractivity contribution < 1.29 is 18.3 Å². The van der Waals surface area contributed by atoms with Gasteiger partial charge in [0.1, 0.15) is 0 Å². The lowest BCUT2D eigenvalue weighted by atomic mass is 9.92. The number of rotatable bonds is 6. The molecule has 0 bridgehead atoms. The van der Waals surface area contributed by atoms with Crippen LogP contribution in [-0.4, -0.2) is 56.6 Å². The molecule has 0 aliphatic carbocycles. The Balaban J connectivity index is 0.00000324. The number of piperidine rings is 1. The van der Waals surface area contributed by atoms with Gasteiger partial charge in [0.05, 0.1) is 13.2 Å². The lowest BCUT2D eigenvalue weighted by molar-refractivity contribution is -0.139. The second-order valence-electron chi connectivity index (χ2n) is 4.74. The zero-order chi connectivity index (χ0) is 13.5. The first-order valence-corrected chi connectivity index (χ1v) is 6.33. The van der Waals surface area contributed by atoms with Crippen LogP contribution in [0.15, 0.2) is 0 Å². The summed E-state index contributed by atoms with van der Waals surface area (Å²) in [5, 5.41) is 3.25. The molecule has 4 nitrogen and oxygen atoms in total. The van der Waals surface area contributed by atoms with Crippen LogP contribution in [0.3, 0.4) is 0 Å². The van der Waals surface area contributed by atoms with E-state index in [0.717, 1.165) is 13.0 Å². The third kappa shape index (κ3) is 6.49. The molecule has 1 saturated heterocycles. The number of methoxy groups -OCH3 is 1. The molecule has 0 aromatic rings. The van der Waals surface area contributed by atoms with E-state index in [0.29, 0.717) is 13.0 Å². The minimum absolute atomic E-state index is 0. The number of alkyl halides is 2. The molecule has 1 fully saturated rings. The summed E-state index contributed by atoms with van der Waals surface area (Å²) in [6.45, 7) is 2.80. The Labute approximate surface area is 119 Å². The fourth-order valence-corrected chi connectivity index (χ4v) is 2.27. The highest BCUT2D eigenvalue weighted by Gasteiger charge is 2.29. The van der Waals surface area contributed by atoms with Crippen LogP contribution in [0.1, 0.15) is 19.8 Å². The number of halogens is 3. The number of nitrogens with one attached hydrogen (secondary N) is 1. The van der Waals surface area contributed by atoms with E-state index in [4.69, 9.17) is 4.74 Å². The predicted molar refractivity (Wildman–Crippen MR) is 71.9 cm³/mol. The first-order valence-electron chi connectivity index (χ1n) is 6.33. The van der Waals surface area contributed by atoms with Gasteiger partial charge in [0.15, 0.2) is 0 Å². The summed E-state index contributed by atoms with van der Waals surface area (Å²) in [6.07, 6.45) is -1.06. The van der Waals surface area contributed by atoms with Crippen molar-refractivity contribution in [1.82, 2.24) is 10.2 Å². The van der Waals surface area contributed by atoms with E-state index in [1.54, 1.807) is 0 Å². The van der Waals surface area contributed by atoms with E-state index in [1.807, 2.05) is 6.92 Å². The minimum atomic E-state index is -2.50. The van der Waals surface area contributed by atoms with E-state index >= 15 is 0 Å². The van der Waals surface area contributed by atoms with Gasteiger partial charge in [0.25, 0.3) is 6.43 Å². The summed E-state index contributed by atoms with van der Waals surface area (Å²) in [7, 11) is 1.50. The number of hydrogen-bond acceptors (Lipinski definition) is 3. The molecule has 0 aromatic carbocycles. The Morgan fingerprint density at radius 2 is 2.21 bits per heavy atom. The number of carbonyl (C=O) groups is 1. The molecule has 0 radical (unpaired) electrons. The van der Waals surface area contributed by atoms with Gasteiger partial charge in [-0.15, -0.1) is 12.4 Å². The maximum atomic E-state index is 12.5. The van der Waals surface area contributed by atoms with Gasteiger partial charge in [-0.05, 0) is 26.3 Å². The van der Waals surface area contributed by atoms with Crippen LogP contribution in [0, 0.1) is 5.92 Å². The van der Waals surface area contributed by atoms with Crippen LogP contribution in [0.4, 0.5) is 8.78 Å². The smallest absolute Gasteiger partial charge is 0.255 e. The van der Waals surface area contributed by atoms with Crippen LogP contribution >= 0.6 is 12.4 Å². The van der Waals surface area contributed by atoms with Gasteiger partial charge in [0, 0.05) is 25.6 Å². The number of carbonyl (C=O) groups excluding carboxylic acids is 1. The molecule has 0 aromatic heterocycles. The summed E-state index contributed by atoms with van der Waals surface area (Å²) in [4.78, 5) is 13.4. The summed E-state index contributed by atoms with van der Waals surface area (Å²) in [6, 6.07) is 0.267. The third-order valence-corrected chi connectivity index (χ3v) is 3.21. The average Bonchev–Trinajstić information content (AvgIpc) is 2.33. The normalized spacial score (nSPS) is 23.0. The van der Waals surface area contributed by atoms with Gasteiger partial charge in [-0.25, -0.2) is 8.78 Å². The van der Waals surface area contributed by atoms with Crippen molar-refractivity contribution >= 4 is 18.3 Å². The van der Waals surface area contributed by atoms with Crippen molar-refractivity contribution in [2.24, 2.45) is 5.92 Å². The zero-order valence-corrected chi connectivity index (χ0v) is 12.2. The maximum absolute atomic E-state index is 12.5. The first kappa shape index (κ1) is 18.5. The third-order valence-electron chi connectivity index (χ3n) is 3.21. The van der Waals surface area contributed by atoms with Crippen molar-refractivity contribution in [1.29, 1.82) is 0 Å². The Hall–Kier alpha value is -0.460. The summed E-state index contributed by atoms with van der Waals surface area (Å²) < 4.78 is 29.8. The molecule has 1 aliphatic heterocycles. The van der Waals surface area contributed by atoms with Gasteiger partial charge in [-0.1, -0.05) is 0 Å². The highest BCUT2D eigenvalue weighted by Crippen LogP contribution is 2.19. The standard InChI is InChI=1S/C12H22F2N2O2.ClH/c1-9-7-10(3-4-15-9)12(17)16(5-6-18-2)8-11(13)14;/h9-11,15H,3-8H2,1-2H3;1H/t9-,10-;/m0./s1. The van der Waals surface area contributed by atoms with Crippen molar-refractivity contribution in [2.45, 2.75) is 32.2 Å². The second kappa shape index (κ2) is 9.44. The SMILES string of the molecule is COCCN(CC(F)F)C(=O)[C@H]1CCN[C@@H](C)C1.Cl. The molecule has 0 saturated carbocycles. The molecule has 114 valence electrons. The number of hydrogen-bond donors (Lipinski definition) is 1. The molecule has 0 spiro atoms. The number of amides is 1. The Morgan fingerprint density at radius 3 is 2.74 bits per heavy atom. The maximum Gasteiger partial charge on any atom is 0.255 e. The van der Waals surface area contributed by atoms with Crippen molar-refractivity contribution in [3.05, 3.63) is 0 Å². The second-order valence-corrected chi connectivity index (χ2v) is 4.74. The van der Waals surface area contributed by atoms with Crippen LogP contribution in [-0.2, 0) is 9.53 Å². The van der Waals surface area contributed by atoms with Crippen LogP contribution < -0.4 is 5.32 Å². The number of ether oxygens (including phenoxy) is 1. The Kier molecular flexibility index (Phi) is 9.22. The largest absolute Gasteiger partial charge is 0.383 e. The van der Waals surface area contributed by atoms with Crippen molar-refractivity contribution in [3.8, 4) is 0 Å². The van der Waals surface area contributed by atoms with E-state index in [2.05, 4.69) is 5.32 Å². The molecular formula is C12H23ClF2N2O2. The Bertz CT molecular complexity index is 270. The highest BCUT2D eigenvalue weighted by molar-refractivity contribution is 5.85. The van der Waals surface area contributed by atoms with Crippen molar-refractivity contribution in [3.63, 3.8) is 0 Å². The van der Waals surface area contributed by atoms with E-state index < -0.39 is 13.0 Å². The molecule has 1 amide bonds. The van der Waals surface area contributed by atoms with Crippen molar-refractivity contribution in [2.75, 3.05) is 33.4 Å². The molecule has 1 aliphatic rings. The lowest BCUT2D eigenvalue weighted by Gasteiger charge is -2.32. The van der Waals surface area contributed by atoms with Gasteiger partial charge in [-0.2, -0.15) is 0 Å². The summed E-state index contributed by atoms with van der Waals surface area (Å²) >= 11 is 0. The topological polar surface area (TPSA) is 41.6 Å². The van der Waals surface area contributed by atoms with Gasteiger partial charge in [0.2, 0.25) is 5.91 Å².